The third-order valence-electron chi connectivity index (χ3n) is 3.64. The molecule has 0 spiro atoms. The van der Waals surface area contributed by atoms with E-state index in [1.165, 1.54) is 6.07 Å². The van der Waals surface area contributed by atoms with E-state index in [9.17, 15) is 13.2 Å². The molecule has 0 amide bonds. The second kappa shape index (κ2) is 6.43. The van der Waals surface area contributed by atoms with Crippen molar-refractivity contribution in [1.82, 2.24) is 9.62 Å². The Morgan fingerprint density at radius 1 is 1.57 bits per heavy atom. The highest BCUT2D eigenvalue weighted by molar-refractivity contribution is 7.91. The summed E-state index contributed by atoms with van der Waals surface area (Å²) in [7, 11) is -1.60. The van der Waals surface area contributed by atoms with Crippen LogP contribution in [0.4, 0.5) is 0 Å². The minimum Gasteiger partial charge on any atom is -0.477 e. The zero-order valence-corrected chi connectivity index (χ0v) is 13.8. The lowest BCUT2D eigenvalue weighted by Gasteiger charge is -2.29. The first kappa shape index (κ1) is 16.4. The van der Waals surface area contributed by atoms with Crippen molar-refractivity contribution in [2.75, 3.05) is 26.7 Å². The summed E-state index contributed by atoms with van der Waals surface area (Å²) >= 11 is 0.801. The van der Waals surface area contributed by atoms with Crippen LogP contribution in [0.25, 0.3) is 0 Å². The van der Waals surface area contributed by atoms with Crippen LogP contribution in [0.3, 0.4) is 0 Å². The molecule has 1 fully saturated rings. The normalized spacial score (nSPS) is 20.6. The second-order valence-corrected chi connectivity index (χ2v) is 8.55. The van der Waals surface area contributed by atoms with Gasteiger partial charge in [0.05, 0.1) is 0 Å². The predicted octanol–water partition coefficient (Wildman–Crippen LogP) is 1.37. The number of carbonyl (C=O) groups is 1. The van der Waals surface area contributed by atoms with Gasteiger partial charge in [-0.1, -0.05) is 0 Å². The summed E-state index contributed by atoms with van der Waals surface area (Å²) in [6.07, 6.45) is 2.08. The molecule has 0 aromatic carbocycles. The molecule has 0 aliphatic carbocycles. The first-order valence-corrected chi connectivity index (χ1v) is 9.11. The van der Waals surface area contributed by atoms with Crippen molar-refractivity contribution in [3.63, 3.8) is 0 Å². The predicted molar refractivity (Wildman–Crippen MR) is 81.4 cm³/mol. The molecule has 2 heterocycles. The van der Waals surface area contributed by atoms with E-state index >= 15 is 0 Å². The van der Waals surface area contributed by atoms with Crippen LogP contribution in [0.2, 0.25) is 0 Å². The maximum absolute atomic E-state index is 12.2. The standard InChI is InChI=1S/C13H20N2O4S2/c1-9-6-11(20-12(9)13(16)17)21(18,19)14-7-10-4-3-5-15(2)8-10/h6,10,14H,3-5,7-8H2,1-2H3,(H,16,17). The Kier molecular flexibility index (Phi) is 5.03. The smallest absolute Gasteiger partial charge is 0.346 e. The molecule has 1 aliphatic heterocycles. The number of nitrogens with one attached hydrogen (secondary N) is 1. The van der Waals surface area contributed by atoms with Crippen LogP contribution in [-0.4, -0.2) is 51.1 Å². The highest BCUT2D eigenvalue weighted by atomic mass is 32.2. The number of likely N-dealkylation sites (tertiary alicyclic amines) is 1. The van der Waals surface area contributed by atoms with Crippen molar-refractivity contribution in [1.29, 1.82) is 0 Å². The topological polar surface area (TPSA) is 86.7 Å². The minimum absolute atomic E-state index is 0.0709. The molecule has 1 saturated heterocycles. The molecule has 6 nitrogen and oxygen atoms in total. The fraction of sp³-hybridized carbons (Fsp3) is 0.615. The summed E-state index contributed by atoms with van der Waals surface area (Å²) < 4.78 is 27.2. The van der Waals surface area contributed by atoms with Crippen LogP contribution < -0.4 is 4.72 Å². The molecule has 1 unspecified atom stereocenters. The fourth-order valence-corrected chi connectivity index (χ4v) is 5.08. The van der Waals surface area contributed by atoms with Crippen LogP contribution in [-0.2, 0) is 10.0 Å². The molecule has 1 atom stereocenters. The average Bonchev–Trinajstić information content (AvgIpc) is 2.80. The Hall–Kier alpha value is -0.960. The highest BCUT2D eigenvalue weighted by Gasteiger charge is 2.24. The van der Waals surface area contributed by atoms with E-state index in [1.807, 2.05) is 7.05 Å². The lowest BCUT2D eigenvalue weighted by Crippen LogP contribution is -2.38. The Balaban J connectivity index is 2.04. The number of thiophene rings is 1. The van der Waals surface area contributed by atoms with Crippen LogP contribution in [0.1, 0.15) is 28.1 Å². The lowest BCUT2D eigenvalue weighted by molar-refractivity contribution is 0.0701. The van der Waals surface area contributed by atoms with Gasteiger partial charge in [0.25, 0.3) is 0 Å². The number of piperidine rings is 1. The third kappa shape index (κ3) is 4.03. The number of nitrogens with zero attached hydrogens (tertiary/aromatic N) is 1. The number of rotatable bonds is 5. The Morgan fingerprint density at radius 2 is 2.29 bits per heavy atom. The largest absolute Gasteiger partial charge is 0.477 e. The van der Waals surface area contributed by atoms with Gasteiger partial charge in [-0.25, -0.2) is 17.9 Å². The first-order chi connectivity index (χ1) is 9.79. The Morgan fingerprint density at radius 3 is 2.86 bits per heavy atom. The van der Waals surface area contributed by atoms with Crippen LogP contribution in [0.5, 0.6) is 0 Å². The van der Waals surface area contributed by atoms with Crippen LogP contribution >= 0.6 is 11.3 Å². The number of hydrogen-bond acceptors (Lipinski definition) is 5. The van der Waals surface area contributed by atoms with Gasteiger partial charge in [0.15, 0.2) is 0 Å². The summed E-state index contributed by atoms with van der Waals surface area (Å²) in [6, 6.07) is 1.42. The van der Waals surface area contributed by atoms with Gasteiger partial charge in [-0.05, 0) is 50.9 Å². The summed E-state index contributed by atoms with van der Waals surface area (Å²) in [4.78, 5) is 13.3. The molecule has 1 aromatic heterocycles. The number of aryl methyl sites for hydroxylation is 1. The fourth-order valence-electron chi connectivity index (χ4n) is 2.54. The number of carboxylic acids is 1. The molecule has 0 radical (unpaired) electrons. The van der Waals surface area contributed by atoms with Crippen molar-refractivity contribution >= 4 is 27.3 Å². The molecule has 118 valence electrons. The molecule has 0 bridgehead atoms. The molecule has 2 rings (SSSR count). The molecule has 0 saturated carbocycles. The minimum atomic E-state index is -3.63. The van der Waals surface area contributed by atoms with E-state index in [0.717, 1.165) is 37.3 Å². The number of sulfonamides is 1. The Labute approximate surface area is 128 Å². The molecular formula is C13H20N2O4S2. The second-order valence-electron chi connectivity index (χ2n) is 5.51. The van der Waals surface area contributed by atoms with Crippen molar-refractivity contribution in [3.05, 3.63) is 16.5 Å². The molecule has 1 aliphatic rings. The summed E-state index contributed by atoms with van der Waals surface area (Å²) in [5.74, 6) is -0.786. The number of aromatic carboxylic acids is 1. The third-order valence-corrected chi connectivity index (χ3v) is 6.76. The van der Waals surface area contributed by atoms with E-state index in [-0.39, 0.29) is 9.09 Å². The van der Waals surface area contributed by atoms with Crippen molar-refractivity contribution < 1.29 is 18.3 Å². The summed E-state index contributed by atoms with van der Waals surface area (Å²) in [5.41, 5.74) is 0.477. The van der Waals surface area contributed by atoms with Crippen LogP contribution in [0, 0.1) is 12.8 Å². The van der Waals surface area contributed by atoms with Crippen LogP contribution in [0.15, 0.2) is 10.3 Å². The zero-order chi connectivity index (χ0) is 15.6. The SMILES string of the molecule is Cc1cc(S(=O)(=O)NCC2CCCN(C)C2)sc1C(=O)O. The molecule has 2 N–H and O–H groups in total. The summed E-state index contributed by atoms with van der Waals surface area (Å²) in [6.45, 7) is 3.93. The maximum atomic E-state index is 12.2. The van der Waals surface area contributed by atoms with Gasteiger partial charge < -0.3 is 10.0 Å². The van der Waals surface area contributed by atoms with E-state index in [2.05, 4.69) is 9.62 Å². The van der Waals surface area contributed by atoms with Crippen molar-refractivity contribution in [2.45, 2.75) is 24.0 Å². The lowest BCUT2D eigenvalue weighted by atomic mass is 9.99. The molecular weight excluding hydrogens is 312 g/mol. The van der Waals surface area contributed by atoms with E-state index < -0.39 is 16.0 Å². The highest BCUT2D eigenvalue weighted by Crippen LogP contribution is 2.26. The monoisotopic (exact) mass is 332 g/mol. The number of hydrogen-bond donors (Lipinski definition) is 2. The van der Waals surface area contributed by atoms with Gasteiger partial charge in [-0.15, -0.1) is 11.3 Å². The molecule has 8 heteroatoms. The van der Waals surface area contributed by atoms with E-state index in [4.69, 9.17) is 5.11 Å². The first-order valence-electron chi connectivity index (χ1n) is 6.81. The van der Waals surface area contributed by atoms with Gasteiger partial charge in [0.1, 0.15) is 9.09 Å². The van der Waals surface area contributed by atoms with Gasteiger partial charge in [0, 0.05) is 13.1 Å². The molecule has 1 aromatic rings. The van der Waals surface area contributed by atoms with Gasteiger partial charge >= 0.3 is 5.97 Å². The van der Waals surface area contributed by atoms with E-state index in [0.29, 0.717) is 18.0 Å². The van der Waals surface area contributed by atoms with Gasteiger partial charge in [0.2, 0.25) is 10.0 Å². The zero-order valence-electron chi connectivity index (χ0n) is 12.1. The Bertz CT molecular complexity index is 624. The van der Waals surface area contributed by atoms with E-state index in [1.54, 1.807) is 6.92 Å². The average molecular weight is 332 g/mol. The van der Waals surface area contributed by atoms with Crippen molar-refractivity contribution in [2.24, 2.45) is 5.92 Å². The molecule has 21 heavy (non-hydrogen) atoms. The van der Waals surface area contributed by atoms with Gasteiger partial charge in [-0.3, -0.25) is 0 Å². The number of carboxylic acid groups (broad SMARTS) is 1. The quantitative estimate of drug-likeness (QED) is 0.850. The van der Waals surface area contributed by atoms with Gasteiger partial charge in [-0.2, -0.15) is 0 Å². The maximum Gasteiger partial charge on any atom is 0.346 e. The summed E-state index contributed by atoms with van der Waals surface area (Å²) in [5, 5.41) is 9.00. The van der Waals surface area contributed by atoms with Crippen molar-refractivity contribution in [3.8, 4) is 0 Å².